The maximum Gasteiger partial charge on any atom is 0.407 e. The average molecular weight is 453 g/mol. The van der Waals surface area contributed by atoms with Crippen LogP contribution in [-0.4, -0.2) is 55.5 Å². The summed E-state index contributed by atoms with van der Waals surface area (Å²) in [7, 11) is 1.43. The number of aliphatic carboxylic acids is 1. The van der Waals surface area contributed by atoms with Crippen LogP contribution >= 0.6 is 0 Å². The van der Waals surface area contributed by atoms with E-state index in [4.69, 9.17) is 9.47 Å². The lowest BCUT2D eigenvalue weighted by molar-refractivity contribution is -0.143. The number of carboxylic acids is 1. The first kappa shape index (κ1) is 22.8. The molecule has 2 aromatic rings. The molecule has 2 aliphatic rings. The summed E-state index contributed by atoms with van der Waals surface area (Å²) in [6.45, 7) is 1.79. The number of alkyl carbamates (subject to hydrolysis) is 1. The predicted octanol–water partition coefficient (Wildman–Crippen LogP) is 2.91. The lowest BCUT2D eigenvalue weighted by Crippen LogP contribution is -2.54. The summed E-state index contributed by atoms with van der Waals surface area (Å²) in [6, 6.07) is 15.0. The van der Waals surface area contributed by atoms with Crippen molar-refractivity contribution in [2.45, 2.75) is 37.8 Å². The maximum atomic E-state index is 12.7. The number of hydrogen-bond donors (Lipinski definition) is 3. The van der Waals surface area contributed by atoms with Gasteiger partial charge in [0.25, 0.3) is 0 Å². The zero-order chi connectivity index (χ0) is 23.6. The summed E-state index contributed by atoms with van der Waals surface area (Å²) in [6.07, 6.45) is -0.328. The molecule has 2 atom stereocenters. The van der Waals surface area contributed by atoms with Gasteiger partial charge in [0.15, 0.2) is 0 Å². The monoisotopic (exact) mass is 452 g/mol. The Hall–Kier alpha value is -3.39. The molecule has 2 amide bonds. The van der Waals surface area contributed by atoms with Crippen LogP contribution in [0.1, 0.15) is 36.8 Å². The third-order valence-electron chi connectivity index (χ3n) is 6.65. The number of carbonyl (C=O) groups is 3. The van der Waals surface area contributed by atoms with E-state index in [0.29, 0.717) is 12.8 Å². The Morgan fingerprint density at radius 3 is 2.15 bits per heavy atom. The number of fused-ring (bicyclic) bond motifs is 3. The van der Waals surface area contributed by atoms with Crippen LogP contribution < -0.4 is 10.6 Å². The summed E-state index contributed by atoms with van der Waals surface area (Å²) >= 11 is 0. The quantitative estimate of drug-likeness (QED) is 0.539. The van der Waals surface area contributed by atoms with E-state index >= 15 is 0 Å². The van der Waals surface area contributed by atoms with Crippen molar-refractivity contribution in [2.75, 3.05) is 20.3 Å². The summed E-state index contributed by atoms with van der Waals surface area (Å²) in [5.74, 6) is -1.53. The number of ether oxygens (including phenoxy) is 2. The highest BCUT2D eigenvalue weighted by molar-refractivity contribution is 5.87. The highest BCUT2D eigenvalue weighted by atomic mass is 16.5. The van der Waals surface area contributed by atoms with Gasteiger partial charge < -0.3 is 25.2 Å². The molecule has 0 aliphatic heterocycles. The van der Waals surface area contributed by atoms with Crippen LogP contribution in [0.4, 0.5) is 4.79 Å². The van der Waals surface area contributed by atoms with Gasteiger partial charge in [-0.05, 0) is 42.0 Å². The van der Waals surface area contributed by atoms with Gasteiger partial charge in [0.2, 0.25) is 5.91 Å². The number of carboxylic acid groups (broad SMARTS) is 1. The van der Waals surface area contributed by atoms with E-state index in [1.165, 1.54) is 7.11 Å². The van der Waals surface area contributed by atoms with Gasteiger partial charge in [0.1, 0.15) is 12.6 Å². The number of amides is 2. The largest absolute Gasteiger partial charge is 0.481 e. The van der Waals surface area contributed by atoms with Gasteiger partial charge in [0.05, 0.1) is 11.5 Å². The Morgan fingerprint density at radius 2 is 1.64 bits per heavy atom. The van der Waals surface area contributed by atoms with E-state index in [9.17, 15) is 19.5 Å². The molecule has 0 saturated heterocycles. The SMILES string of the molecule is COC(C)C(NC(=O)OCC1c2ccccc2-c2ccccc21)C(=O)NCC1(C(=O)O)CC1. The molecule has 0 heterocycles. The number of benzene rings is 2. The van der Waals surface area contributed by atoms with Crippen molar-refractivity contribution >= 4 is 18.0 Å². The Bertz CT molecular complexity index is 1020. The van der Waals surface area contributed by atoms with Crippen molar-refractivity contribution in [2.24, 2.45) is 5.41 Å². The van der Waals surface area contributed by atoms with Crippen molar-refractivity contribution in [3.63, 3.8) is 0 Å². The van der Waals surface area contributed by atoms with Gasteiger partial charge >= 0.3 is 12.1 Å². The Kier molecular flexibility index (Phi) is 6.37. The van der Waals surface area contributed by atoms with E-state index in [-0.39, 0.29) is 19.1 Å². The third-order valence-corrected chi connectivity index (χ3v) is 6.65. The molecular weight excluding hydrogens is 424 g/mol. The highest BCUT2D eigenvalue weighted by Crippen LogP contribution is 2.45. The van der Waals surface area contributed by atoms with E-state index in [1.807, 2.05) is 36.4 Å². The van der Waals surface area contributed by atoms with Gasteiger partial charge in [-0.1, -0.05) is 48.5 Å². The standard InChI is InChI=1S/C25H28N2O6/c1-15(32-2)21(22(28)26-14-25(11-12-25)23(29)30)27-24(31)33-13-20-18-9-5-3-7-16(18)17-8-4-6-10-19(17)20/h3-10,15,20-21H,11-14H2,1-2H3,(H,26,28)(H,27,31)(H,29,30). The molecular formula is C25H28N2O6. The molecule has 4 rings (SSSR count). The second-order valence-electron chi connectivity index (χ2n) is 8.69. The van der Waals surface area contributed by atoms with Crippen LogP contribution in [0.15, 0.2) is 48.5 Å². The normalized spacial score (nSPS) is 17.3. The first-order valence-electron chi connectivity index (χ1n) is 11.0. The van der Waals surface area contributed by atoms with Crippen LogP contribution in [0.25, 0.3) is 11.1 Å². The molecule has 0 aromatic heterocycles. The summed E-state index contributed by atoms with van der Waals surface area (Å²) in [5, 5.41) is 14.5. The van der Waals surface area contributed by atoms with Crippen LogP contribution in [0.2, 0.25) is 0 Å². The minimum atomic E-state index is -1.02. The van der Waals surface area contributed by atoms with Crippen molar-refractivity contribution in [1.82, 2.24) is 10.6 Å². The summed E-state index contributed by atoms with van der Waals surface area (Å²) in [4.78, 5) is 36.7. The first-order chi connectivity index (χ1) is 15.9. The topological polar surface area (TPSA) is 114 Å². The fourth-order valence-corrected chi connectivity index (χ4v) is 4.28. The molecule has 1 fully saturated rings. The van der Waals surface area contributed by atoms with Gasteiger partial charge in [-0.2, -0.15) is 0 Å². The molecule has 8 heteroatoms. The minimum Gasteiger partial charge on any atom is -0.481 e. The molecule has 2 aliphatic carbocycles. The number of hydrogen-bond acceptors (Lipinski definition) is 5. The minimum absolute atomic E-state index is 0.0144. The van der Waals surface area contributed by atoms with Gasteiger partial charge in [-0.3, -0.25) is 9.59 Å². The number of methoxy groups -OCH3 is 1. The number of carbonyl (C=O) groups excluding carboxylic acids is 2. The molecule has 33 heavy (non-hydrogen) atoms. The van der Waals surface area contributed by atoms with E-state index < -0.39 is 35.5 Å². The second-order valence-corrected chi connectivity index (χ2v) is 8.69. The fourth-order valence-electron chi connectivity index (χ4n) is 4.28. The lowest BCUT2D eigenvalue weighted by Gasteiger charge is -2.24. The van der Waals surface area contributed by atoms with E-state index in [0.717, 1.165) is 22.3 Å². The predicted molar refractivity (Wildman–Crippen MR) is 121 cm³/mol. The molecule has 174 valence electrons. The highest BCUT2D eigenvalue weighted by Gasteiger charge is 2.50. The smallest absolute Gasteiger partial charge is 0.407 e. The summed E-state index contributed by atoms with van der Waals surface area (Å²) in [5.41, 5.74) is 3.53. The van der Waals surface area contributed by atoms with Gasteiger partial charge in [0, 0.05) is 19.6 Å². The van der Waals surface area contributed by atoms with Gasteiger partial charge in [-0.15, -0.1) is 0 Å². The van der Waals surface area contributed by atoms with Crippen molar-refractivity contribution < 1.29 is 29.0 Å². The van der Waals surface area contributed by atoms with Crippen LogP contribution in [-0.2, 0) is 19.1 Å². The molecule has 0 bridgehead atoms. The zero-order valence-electron chi connectivity index (χ0n) is 18.7. The number of rotatable bonds is 9. The molecule has 1 saturated carbocycles. The molecule has 2 unspecified atom stereocenters. The van der Waals surface area contributed by atoms with Crippen LogP contribution in [0.5, 0.6) is 0 Å². The van der Waals surface area contributed by atoms with Crippen molar-refractivity contribution in [1.29, 1.82) is 0 Å². The van der Waals surface area contributed by atoms with Crippen molar-refractivity contribution in [3.8, 4) is 11.1 Å². The summed E-state index contributed by atoms with van der Waals surface area (Å²) < 4.78 is 10.8. The van der Waals surface area contributed by atoms with Crippen LogP contribution in [0.3, 0.4) is 0 Å². The molecule has 0 spiro atoms. The fraction of sp³-hybridized carbons (Fsp3) is 0.400. The second kappa shape index (κ2) is 9.23. The first-order valence-corrected chi connectivity index (χ1v) is 11.0. The average Bonchev–Trinajstić information content (AvgIpc) is 3.56. The third kappa shape index (κ3) is 4.57. The van der Waals surface area contributed by atoms with Crippen LogP contribution in [0, 0.1) is 5.41 Å². The lowest BCUT2D eigenvalue weighted by atomic mass is 9.98. The molecule has 3 N–H and O–H groups in total. The Labute approximate surface area is 192 Å². The van der Waals surface area contributed by atoms with E-state index in [1.54, 1.807) is 6.92 Å². The molecule has 0 radical (unpaired) electrons. The van der Waals surface area contributed by atoms with E-state index in [2.05, 4.69) is 22.8 Å². The van der Waals surface area contributed by atoms with Crippen molar-refractivity contribution in [3.05, 3.63) is 59.7 Å². The van der Waals surface area contributed by atoms with Gasteiger partial charge in [-0.25, -0.2) is 4.79 Å². The number of nitrogens with one attached hydrogen (secondary N) is 2. The molecule has 8 nitrogen and oxygen atoms in total. The zero-order valence-corrected chi connectivity index (χ0v) is 18.7. The Balaban J connectivity index is 1.39. The Morgan fingerprint density at radius 1 is 1.06 bits per heavy atom. The maximum absolute atomic E-state index is 12.7. The molecule has 2 aromatic carbocycles.